The monoisotopic (exact) mass is 257 g/mol. The summed E-state index contributed by atoms with van der Waals surface area (Å²) in [5, 5.41) is 0. The number of hydrogen-bond donors (Lipinski definition) is 0. The Balaban J connectivity index is 2.52. The van der Waals surface area contributed by atoms with Crippen molar-refractivity contribution < 1.29 is 9.53 Å². The van der Waals surface area contributed by atoms with Gasteiger partial charge in [-0.05, 0) is 38.0 Å². The number of rotatable bonds is 5. The number of ether oxygens (including phenoxy) is 1. The van der Waals surface area contributed by atoms with Crippen LogP contribution in [0.5, 0.6) is 0 Å². The van der Waals surface area contributed by atoms with Crippen molar-refractivity contribution in [1.82, 2.24) is 4.57 Å². The Hall–Kier alpha value is -1.87. The summed E-state index contributed by atoms with van der Waals surface area (Å²) in [6.07, 6.45) is 1.77. The lowest BCUT2D eigenvalue weighted by Crippen LogP contribution is -2.05. The SMILES string of the molecule is COCCc1ccccc1-n1c(C)cc(C=O)c1C. The number of nitrogens with zero attached hydrogens (tertiary/aromatic N) is 1. The number of aryl methyl sites for hydroxylation is 1. The lowest BCUT2D eigenvalue weighted by molar-refractivity contribution is 0.112. The zero-order valence-electron chi connectivity index (χ0n) is 11.6. The van der Waals surface area contributed by atoms with Crippen LogP contribution in [0.3, 0.4) is 0 Å². The van der Waals surface area contributed by atoms with E-state index >= 15 is 0 Å². The van der Waals surface area contributed by atoms with Gasteiger partial charge < -0.3 is 9.30 Å². The normalized spacial score (nSPS) is 10.7. The fourth-order valence-corrected chi connectivity index (χ4v) is 2.43. The maximum Gasteiger partial charge on any atom is 0.151 e. The number of benzene rings is 1. The van der Waals surface area contributed by atoms with Crippen LogP contribution < -0.4 is 0 Å². The molecule has 19 heavy (non-hydrogen) atoms. The molecule has 1 aromatic heterocycles. The third-order valence-corrected chi connectivity index (χ3v) is 3.41. The first-order valence-corrected chi connectivity index (χ1v) is 6.40. The summed E-state index contributed by atoms with van der Waals surface area (Å²) in [5.41, 5.74) is 5.16. The van der Waals surface area contributed by atoms with Crippen LogP contribution >= 0.6 is 0 Å². The molecule has 0 unspecified atom stereocenters. The van der Waals surface area contributed by atoms with Crippen molar-refractivity contribution in [2.75, 3.05) is 13.7 Å². The number of carbonyl (C=O) groups excluding carboxylic acids is 1. The minimum atomic E-state index is 0.691. The van der Waals surface area contributed by atoms with Crippen molar-refractivity contribution in [2.24, 2.45) is 0 Å². The summed E-state index contributed by atoms with van der Waals surface area (Å²) < 4.78 is 7.29. The number of hydrogen-bond acceptors (Lipinski definition) is 2. The van der Waals surface area contributed by atoms with Crippen molar-refractivity contribution in [2.45, 2.75) is 20.3 Å². The molecule has 0 saturated heterocycles. The van der Waals surface area contributed by atoms with E-state index in [4.69, 9.17) is 4.74 Å². The molecular weight excluding hydrogens is 238 g/mol. The highest BCUT2D eigenvalue weighted by atomic mass is 16.5. The molecule has 0 amide bonds. The van der Waals surface area contributed by atoms with Gasteiger partial charge in [0.15, 0.2) is 6.29 Å². The number of carbonyl (C=O) groups is 1. The van der Waals surface area contributed by atoms with Crippen LogP contribution in [0.25, 0.3) is 5.69 Å². The van der Waals surface area contributed by atoms with Gasteiger partial charge >= 0.3 is 0 Å². The Morgan fingerprint density at radius 3 is 2.63 bits per heavy atom. The van der Waals surface area contributed by atoms with Crippen molar-refractivity contribution in [3.05, 3.63) is 52.8 Å². The highest BCUT2D eigenvalue weighted by Crippen LogP contribution is 2.23. The van der Waals surface area contributed by atoms with Crippen molar-refractivity contribution in [1.29, 1.82) is 0 Å². The van der Waals surface area contributed by atoms with Crippen LogP contribution in [-0.2, 0) is 11.2 Å². The number of aromatic nitrogens is 1. The summed E-state index contributed by atoms with van der Waals surface area (Å²) in [7, 11) is 1.71. The molecule has 0 atom stereocenters. The van der Waals surface area contributed by atoms with Gasteiger partial charge in [-0.2, -0.15) is 0 Å². The Labute approximate surface area is 113 Å². The van der Waals surface area contributed by atoms with Gasteiger partial charge in [0.2, 0.25) is 0 Å². The average molecular weight is 257 g/mol. The molecule has 0 N–H and O–H groups in total. The van der Waals surface area contributed by atoms with E-state index in [9.17, 15) is 4.79 Å². The average Bonchev–Trinajstić information content (AvgIpc) is 2.71. The molecule has 1 aromatic carbocycles. The first-order valence-electron chi connectivity index (χ1n) is 6.40. The summed E-state index contributed by atoms with van der Waals surface area (Å²) in [5.74, 6) is 0. The first kappa shape index (κ1) is 13.6. The smallest absolute Gasteiger partial charge is 0.151 e. The lowest BCUT2D eigenvalue weighted by Gasteiger charge is -2.14. The van der Waals surface area contributed by atoms with Crippen molar-refractivity contribution in [3.63, 3.8) is 0 Å². The summed E-state index contributed by atoms with van der Waals surface area (Å²) >= 11 is 0. The molecular formula is C16H19NO2. The van der Waals surface area contributed by atoms with Crippen LogP contribution in [0.4, 0.5) is 0 Å². The number of para-hydroxylation sites is 1. The van der Waals surface area contributed by atoms with E-state index in [1.165, 1.54) is 5.56 Å². The maximum atomic E-state index is 11.0. The molecule has 0 aliphatic carbocycles. The van der Waals surface area contributed by atoms with E-state index in [0.29, 0.717) is 6.61 Å². The van der Waals surface area contributed by atoms with Crippen molar-refractivity contribution >= 4 is 6.29 Å². The highest BCUT2D eigenvalue weighted by molar-refractivity contribution is 5.77. The number of methoxy groups -OCH3 is 1. The van der Waals surface area contributed by atoms with Gasteiger partial charge in [0.1, 0.15) is 0 Å². The third-order valence-electron chi connectivity index (χ3n) is 3.41. The fraction of sp³-hybridized carbons (Fsp3) is 0.312. The Morgan fingerprint density at radius 2 is 2.00 bits per heavy atom. The second-order valence-electron chi connectivity index (χ2n) is 4.65. The molecule has 100 valence electrons. The van der Waals surface area contributed by atoms with Crippen LogP contribution in [-0.4, -0.2) is 24.6 Å². The minimum Gasteiger partial charge on any atom is -0.384 e. The van der Waals surface area contributed by atoms with E-state index in [1.807, 2.05) is 32.0 Å². The van der Waals surface area contributed by atoms with Gasteiger partial charge in [-0.15, -0.1) is 0 Å². The predicted molar refractivity (Wildman–Crippen MR) is 76.2 cm³/mol. The molecule has 0 spiro atoms. The van der Waals surface area contributed by atoms with Crippen LogP contribution in [0.15, 0.2) is 30.3 Å². The lowest BCUT2D eigenvalue weighted by atomic mass is 10.1. The minimum absolute atomic E-state index is 0.691. The molecule has 0 bridgehead atoms. The van der Waals surface area contributed by atoms with Crippen LogP contribution in [0.1, 0.15) is 27.3 Å². The summed E-state index contributed by atoms with van der Waals surface area (Å²) in [4.78, 5) is 11.0. The molecule has 2 rings (SSSR count). The zero-order valence-corrected chi connectivity index (χ0v) is 11.6. The highest BCUT2D eigenvalue weighted by Gasteiger charge is 2.12. The summed E-state index contributed by atoms with van der Waals surface area (Å²) in [6, 6.07) is 10.2. The van der Waals surface area contributed by atoms with Crippen LogP contribution in [0.2, 0.25) is 0 Å². The molecule has 0 aliphatic rings. The second-order valence-corrected chi connectivity index (χ2v) is 4.65. The molecule has 1 heterocycles. The molecule has 3 heteroatoms. The number of aldehydes is 1. The van der Waals surface area contributed by atoms with Gasteiger partial charge in [0, 0.05) is 29.7 Å². The van der Waals surface area contributed by atoms with Crippen LogP contribution in [0, 0.1) is 13.8 Å². The third kappa shape index (κ3) is 2.61. The van der Waals surface area contributed by atoms with Gasteiger partial charge in [0.05, 0.1) is 6.61 Å². The largest absolute Gasteiger partial charge is 0.384 e. The van der Waals surface area contributed by atoms with E-state index < -0.39 is 0 Å². The second kappa shape index (κ2) is 5.85. The van der Waals surface area contributed by atoms with E-state index in [2.05, 4.69) is 16.7 Å². The standard InChI is InChI=1S/C16H19NO2/c1-12-10-15(11-18)13(2)17(12)16-7-5-4-6-14(16)8-9-19-3/h4-7,10-11H,8-9H2,1-3H3. The predicted octanol–water partition coefficient (Wildman–Crippen LogP) is 3.10. The molecule has 3 nitrogen and oxygen atoms in total. The Kier molecular flexibility index (Phi) is 4.17. The van der Waals surface area contributed by atoms with E-state index in [1.54, 1.807) is 7.11 Å². The zero-order chi connectivity index (χ0) is 13.8. The van der Waals surface area contributed by atoms with Crippen molar-refractivity contribution in [3.8, 4) is 5.69 Å². The molecule has 0 fully saturated rings. The van der Waals surface area contributed by atoms with Gasteiger partial charge in [0.25, 0.3) is 0 Å². The summed E-state index contributed by atoms with van der Waals surface area (Å²) in [6.45, 7) is 4.69. The molecule has 0 aliphatic heterocycles. The fourth-order valence-electron chi connectivity index (χ4n) is 2.43. The van der Waals surface area contributed by atoms with E-state index in [0.717, 1.165) is 35.3 Å². The quantitative estimate of drug-likeness (QED) is 0.771. The molecule has 0 radical (unpaired) electrons. The first-order chi connectivity index (χ1) is 9.19. The Bertz CT molecular complexity index is 584. The van der Waals surface area contributed by atoms with Gasteiger partial charge in [-0.3, -0.25) is 4.79 Å². The van der Waals surface area contributed by atoms with Gasteiger partial charge in [-0.1, -0.05) is 18.2 Å². The topological polar surface area (TPSA) is 31.2 Å². The van der Waals surface area contributed by atoms with Gasteiger partial charge in [-0.25, -0.2) is 0 Å². The molecule has 2 aromatic rings. The van der Waals surface area contributed by atoms with E-state index in [-0.39, 0.29) is 0 Å². The Morgan fingerprint density at radius 1 is 1.26 bits per heavy atom. The molecule has 0 saturated carbocycles. The maximum absolute atomic E-state index is 11.0.